The molecule has 2 aliphatic rings. The van der Waals surface area contributed by atoms with Crippen molar-refractivity contribution in [2.45, 2.75) is 44.8 Å². The van der Waals surface area contributed by atoms with Gasteiger partial charge in [-0.1, -0.05) is 25.7 Å². The average molecular weight is 423 g/mol. The SMILES string of the molecule is CN1CC[C@@](O)(C#Cc2ccnc(-n3nc(C(N)=O)c4c3CC(C)(C)[C@H](O)C4)c2)C1=O. The van der Waals surface area contributed by atoms with E-state index < -0.39 is 28.9 Å². The number of carbonyl (C=O) groups excluding carboxylic acids is 2. The number of aliphatic hydroxyl groups excluding tert-OH is 1. The zero-order valence-electron chi connectivity index (χ0n) is 17.7. The molecule has 1 aliphatic heterocycles. The van der Waals surface area contributed by atoms with Crippen molar-refractivity contribution >= 4 is 11.8 Å². The van der Waals surface area contributed by atoms with Crippen LogP contribution >= 0.6 is 0 Å². The van der Waals surface area contributed by atoms with Gasteiger partial charge in [0, 0.05) is 43.8 Å². The fourth-order valence-corrected chi connectivity index (χ4v) is 4.05. The Kier molecular flexibility index (Phi) is 4.87. The lowest BCUT2D eigenvalue weighted by Gasteiger charge is -2.35. The summed E-state index contributed by atoms with van der Waals surface area (Å²) in [6, 6.07) is 3.34. The predicted octanol–water partition coefficient (Wildman–Crippen LogP) is -0.203. The summed E-state index contributed by atoms with van der Waals surface area (Å²) < 4.78 is 1.57. The first-order valence-corrected chi connectivity index (χ1v) is 10.1. The van der Waals surface area contributed by atoms with Gasteiger partial charge in [0.15, 0.2) is 11.5 Å². The molecular weight excluding hydrogens is 398 g/mol. The minimum absolute atomic E-state index is 0.122. The number of likely N-dealkylation sites (N-methyl/N-ethyl adjacent to an activating group) is 1. The van der Waals surface area contributed by atoms with Crippen molar-refractivity contribution in [3.63, 3.8) is 0 Å². The molecule has 0 saturated carbocycles. The number of pyridine rings is 1. The Balaban J connectivity index is 1.75. The Morgan fingerprint density at radius 2 is 2.13 bits per heavy atom. The van der Waals surface area contributed by atoms with Crippen molar-refractivity contribution in [2.75, 3.05) is 13.6 Å². The van der Waals surface area contributed by atoms with E-state index in [1.807, 2.05) is 13.8 Å². The number of nitrogens with zero attached hydrogens (tertiary/aromatic N) is 4. The standard InChI is InChI=1S/C22H25N5O4/c1-21(2)12-15-14(11-16(21)28)18(19(23)29)25-27(15)17-10-13(5-8-24-17)4-6-22(31)7-9-26(3)20(22)30/h5,8,10,16,28,31H,7,9,11-12H2,1-3H3,(H2,23,29)/t16-,22+/m1/s1. The number of hydrogen-bond donors (Lipinski definition) is 3. The summed E-state index contributed by atoms with van der Waals surface area (Å²) >= 11 is 0. The maximum absolute atomic E-state index is 12.1. The van der Waals surface area contributed by atoms with Gasteiger partial charge in [-0.3, -0.25) is 9.59 Å². The Labute approximate surface area is 179 Å². The minimum atomic E-state index is -1.69. The van der Waals surface area contributed by atoms with Gasteiger partial charge < -0.3 is 20.8 Å². The van der Waals surface area contributed by atoms with Crippen molar-refractivity contribution in [3.05, 3.63) is 40.8 Å². The molecule has 1 fully saturated rings. The maximum atomic E-state index is 12.1. The summed E-state index contributed by atoms with van der Waals surface area (Å²) in [6.45, 7) is 4.35. The molecule has 0 unspecified atom stereocenters. The van der Waals surface area contributed by atoms with Crippen LogP contribution in [0.5, 0.6) is 0 Å². The highest BCUT2D eigenvalue weighted by Gasteiger charge is 2.42. The van der Waals surface area contributed by atoms with Gasteiger partial charge in [-0.05, 0) is 24.0 Å². The molecule has 0 radical (unpaired) electrons. The molecule has 3 heterocycles. The number of nitrogens with two attached hydrogens (primary N) is 1. The zero-order valence-corrected chi connectivity index (χ0v) is 17.7. The molecule has 2 aromatic heterocycles. The van der Waals surface area contributed by atoms with Crippen LogP contribution in [-0.4, -0.2) is 67.0 Å². The molecule has 4 rings (SSSR count). The molecular formula is C22H25N5O4. The highest BCUT2D eigenvalue weighted by atomic mass is 16.3. The predicted molar refractivity (Wildman–Crippen MR) is 111 cm³/mol. The Morgan fingerprint density at radius 1 is 1.39 bits per heavy atom. The quantitative estimate of drug-likeness (QED) is 0.573. The highest BCUT2D eigenvalue weighted by Crippen LogP contribution is 2.37. The summed E-state index contributed by atoms with van der Waals surface area (Å²) in [7, 11) is 1.63. The largest absolute Gasteiger partial charge is 0.392 e. The summed E-state index contributed by atoms with van der Waals surface area (Å²) in [5.74, 6) is 4.91. The second kappa shape index (κ2) is 7.18. The first-order chi connectivity index (χ1) is 14.5. The fourth-order valence-electron chi connectivity index (χ4n) is 4.05. The summed E-state index contributed by atoms with van der Waals surface area (Å²) in [4.78, 5) is 29.9. The van der Waals surface area contributed by atoms with Gasteiger partial charge in [-0.15, -0.1) is 0 Å². The van der Waals surface area contributed by atoms with Crippen LogP contribution in [0.15, 0.2) is 18.3 Å². The summed E-state index contributed by atoms with van der Waals surface area (Å²) in [6.07, 6.45) is 1.94. The van der Waals surface area contributed by atoms with Crippen LogP contribution in [0.2, 0.25) is 0 Å². The van der Waals surface area contributed by atoms with E-state index in [0.717, 1.165) is 5.69 Å². The van der Waals surface area contributed by atoms with Crippen LogP contribution in [0.25, 0.3) is 5.82 Å². The topological polar surface area (TPSA) is 135 Å². The number of likely N-dealkylation sites (tertiary alicyclic amines) is 1. The van der Waals surface area contributed by atoms with E-state index in [1.54, 1.807) is 30.1 Å². The van der Waals surface area contributed by atoms with Crippen molar-refractivity contribution in [1.82, 2.24) is 19.7 Å². The van der Waals surface area contributed by atoms with E-state index in [9.17, 15) is 19.8 Å². The van der Waals surface area contributed by atoms with Crippen molar-refractivity contribution < 1.29 is 19.8 Å². The molecule has 2 aromatic rings. The Bertz CT molecular complexity index is 1140. The molecule has 162 valence electrons. The normalized spacial score (nSPS) is 24.5. The number of amides is 2. The van der Waals surface area contributed by atoms with E-state index in [2.05, 4.69) is 21.9 Å². The number of aromatic nitrogens is 3. The van der Waals surface area contributed by atoms with Crippen LogP contribution in [-0.2, 0) is 17.6 Å². The van der Waals surface area contributed by atoms with Crippen LogP contribution in [0.3, 0.4) is 0 Å². The Morgan fingerprint density at radius 3 is 2.77 bits per heavy atom. The van der Waals surface area contributed by atoms with Crippen LogP contribution in [0.4, 0.5) is 0 Å². The molecule has 1 aliphatic carbocycles. The van der Waals surface area contributed by atoms with E-state index in [1.165, 1.54) is 4.90 Å². The summed E-state index contributed by atoms with van der Waals surface area (Å²) in [5.41, 5.74) is 5.49. The number of aliphatic hydroxyl groups is 2. The third kappa shape index (κ3) is 3.58. The molecule has 9 heteroatoms. The highest BCUT2D eigenvalue weighted by molar-refractivity contribution is 5.93. The lowest BCUT2D eigenvalue weighted by atomic mass is 9.74. The molecule has 31 heavy (non-hydrogen) atoms. The number of rotatable bonds is 2. The van der Waals surface area contributed by atoms with Gasteiger partial charge >= 0.3 is 0 Å². The smallest absolute Gasteiger partial charge is 0.269 e. The van der Waals surface area contributed by atoms with Crippen molar-refractivity contribution in [1.29, 1.82) is 0 Å². The molecule has 0 bridgehead atoms. The van der Waals surface area contributed by atoms with Crippen LogP contribution in [0, 0.1) is 17.3 Å². The van der Waals surface area contributed by atoms with E-state index in [0.29, 0.717) is 29.9 Å². The third-order valence-electron chi connectivity index (χ3n) is 6.13. The molecule has 2 atom stereocenters. The first-order valence-electron chi connectivity index (χ1n) is 10.1. The number of primary amides is 1. The van der Waals surface area contributed by atoms with E-state index in [4.69, 9.17) is 5.73 Å². The van der Waals surface area contributed by atoms with Crippen molar-refractivity contribution in [2.24, 2.45) is 11.1 Å². The zero-order chi connectivity index (χ0) is 22.6. The number of carbonyl (C=O) groups is 2. The van der Waals surface area contributed by atoms with Gasteiger partial charge in [0.1, 0.15) is 0 Å². The maximum Gasteiger partial charge on any atom is 0.269 e. The van der Waals surface area contributed by atoms with Gasteiger partial charge in [-0.2, -0.15) is 5.10 Å². The fraction of sp³-hybridized carbons (Fsp3) is 0.455. The lowest BCUT2D eigenvalue weighted by Crippen LogP contribution is -2.38. The van der Waals surface area contributed by atoms with E-state index in [-0.39, 0.29) is 18.5 Å². The first kappa shape index (κ1) is 21.0. The van der Waals surface area contributed by atoms with Crippen LogP contribution in [0.1, 0.15) is 47.6 Å². The van der Waals surface area contributed by atoms with Crippen LogP contribution < -0.4 is 5.73 Å². The molecule has 9 nitrogen and oxygen atoms in total. The van der Waals surface area contributed by atoms with Crippen molar-refractivity contribution in [3.8, 4) is 17.7 Å². The molecule has 0 aromatic carbocycles. The average Bonchev–Trinajstić information content (AvgIpc) is 3.20. The number of hydrogen-bond acceptors (Lipinski definition) is 6. The van der Waals surface area contributed by atoms with E-state index >= 15 is 0 Å². The molecule has 1 saturated heterocycles. The minimum Gasteiger partial charge on any atom is -0.392 e. The second-order valence-corrected chi connectivity index (χ2v) is 8.92. The monoisotopic (exact) mass is 423 g/mol. The van der Waals surface area contributed by atoms with Gasteiger partial charge in [0.2, 0.25) is 5.60 Å². The van der Waals surface area contributed by atoms with Gasteiger partial charge in [-0.25, -0.2) is 9.67 Å². The number of fused-ring (bicyclic) bond motifs is 1. The molecule has 4 N–H and O–H groups in total. The Hall–Kier alpha value is -3.22. The lowest BCUT2D eigenvalue weighted by molar-refractivity contribution is -0.137. The molecule has 0 spiro atoms. The molecule has 2 amide bonds. The third-order valence-corrected chi connectivity index (χ3v) is 6.13. The summed E-state index contributed by atoms with van der Waals surface area (Å²) in [5, 5.41) is 25.4. The second-order valence-electron chi connectivity index (χ2n) is 8.92. The van der Waals surface area contributed by atoms with Gasteiger partial charge in [0.25, 0.3) is 11.8 Å². The van der Waals surface area contributed by atoms with Gasteiger partial charge in [0.05, 0.1) is 11.8 Å².